The molecule has 0 fully saturated rings. The van der Waals surface area contributed by atoms with Crippen LogP contribution < -0.4 is 10.6 Å². The van der Waals surface area contributed by atoms with E-state index < -0.39 is 0 Å². The van der Waals surface area contributed by atoms with Gasteiger partial charge in [-0.25, -0.2) is 4.39 Å². The van der Waals surface area contributed by atoms with Gasteiger partial charge >= 0.3 is 0 Å². The van der Waals surface area contributed by atoms with Gasteiger partial charge < -0.3 is 10.6 Å². The maximum atomic E-state index is 13.1. The van der Waals surface area contributed by atoms with Crippen molar-refractivity contribution in [1.82, 2.24) is 0 Å². The smallest absolute Gasteiger partial charge is 0.243 e. The quantitative estimate of drug-likeness (QED) is 0.635. The highest BCUT2D eigenvalue weighted by atomic mass is 19.1. The zero-order valence-electron chi connectivity index (χ0n) is 7.15. The van der Waals surface area contributed by atoms with Crippen LogP contribution in [0.5, 0.6) is 0 Å². The van der Waals surface area contributed by atoms with Crippen molar-refractivity contribution in [1.29, 1.82) is 0 Å². The lowest BCUT2D eigenvalue weighted by molar-refractivity contribution is -0.114. The van der Waals surface area contributed by atoms with Crippen LogP contribution in [0.3, 0.4) is 0 Å². The second-order valence-electron chi connectivity index (χ2n) is 3.05. The first-order valence-electron chi connectivity index (χ1n) is 4.00. The van der Waals surface area contributed by atoms with Crippen LogP contribution in [0.15, 0.2) is 12.1 Å². The van der Waals surface area contributed by atoms with Gasteiger partial charge in [0, 0.05) is 0 Å². The third-order valence-corrected chi connectivity index (χ3v) is 2.01. The lowest BCUT2D eigenvalue weighted by Gasteiger charge is -2.19. The van der Waals surface area contributed by atoms with E-state index in [4.69, 9.17) is 0 Å². The van der Waals surface area contributed by atoms with Crippen LogP contribution in [0.25, 0.3) is 0 Å². The third-order valence-electron chi connectivity index (χ3n) is 2.01. The summed E-state index contributed by atoms with van der Waals surface area (Å²) >= 11 is 0. The van der Waals surface area contributed by atoms with Crippen molar-refractivity contribution in [2.75, 3.05) is 17.2 Å². The van der Waals surface area contributed by atoms with Crippen molar-refractivity contribution in [3.05, 3.63) is 23.5 Å². The number of hydrogen-bond acceptors (Lipinski definition) is 2. The van der Waals surface area contributed by atoms with Crippen LogP contribution in [0.1, 0.15) is 5.56 Å². The Morgan fingerprint density at radius 3 is 2.92 bits per heavy atom. The topological polar surface area (TPSA) is 41.1 Å². The van der Waals surface area contributed by atoms with Gasteiger partial charge in [0.25, 0.3) is 0 Å². The van der Waals surface area contributed by atoms with Crippen molar-refractivity contribution < 1.29 is 9.18 Å². The standard InChI is InChI=1S/C9H9FN2O/c1-5-2-7-8(3-6(5)10)12-9(13)4-11-7/h2-3,11H,4H2,1H3,(H,12,13). The first kappa shape index (κ1) is 8.04. The van der Waals surface area contributed by atoms with E-state index in [2.05, 4.69) is 10.6 Å². The summed E-state index contributed by atoms with van der Waals surface area (Å²) in [6.07, 6.45) is 0. The van der Waals surface area contributed by atoms with Crippen LogP contribution >= 0.6 is 0 Å². The molecular formula is C9H9FN2O. The summed E-state index contributed by atoms with van der Waals surface area (Å²) < 4.78 is 13.1. The highest BCUT2D eigenvalue weighted by Gasteiger charge is 2.15. The molecule has 0 saturated heterocycles. The fourth-order valence-corrected chi connectivity index (χ4v) is 1.30. The van der Waals surface area contributed by atoms with Crippen LogP contribution in [0.4, 0.5) is 15.8 Å². The van der Waals surface area contributed by atoms with Crippen molar-refractivity contribution in [3.8, 4) is 0 Å². The maximum absolute atomic E-state index is 13.1. The Morgan fingerprint density at radius 2 is 2.15 bits per heavy atom. The Labute approximate surface area is 74.9 Å². The minimum atomic E-state index is -0.303. The fraction of sp³-hybridized carbons (Fsp3) is 0.222. The molecule has 0 aliphatic carbocycles. The third kappa shape index (κ3) is 1.35. The SMILES string of the molecule is Cc1cc2c(cc1F)NC(=O)CN2. The van der Waals surface area contributed by atoms with E-state index >= 15 is 0 Å². The molecule has 0 saturated carbocycles. The van der Waals surface area contributed by atoms with E-state index in [0.717, 1.165) is 5.69 Å². The summed E-state index contributed by atoms with van der Waals surface area (Å²) in [5.41, 5.74) is 1.86. The largest absolute Gasteiger partial charge is 0.374 e. The number of rotatable bonds is 0. The Kier molecular flexibility index (Phi) is 1.69. The molecule has 1 aromatic rings. The molecule has 1 amide bonds. The Morgan fingerprint density at radius 1 is 1.38 bits per heavy atom. The molecule has 2 N–H and O–H groups in total. The molecule has 0 spiro atoms. The summed E-state index contributed by atoms with van der Waals surface area (Å²) in [5.74, 6) is -0.446. The average Bonchev–Trinajstić information content (AvgIpc) is 2.08. The summed E-state index contributed by atoms with van der Waals surface area (Å²) in [5, 5.41) is 5.49. The van der Waals surface area contributed by atoms with Gasteiger partial charge in [-0.2, -0.15) is 0 Å². The molecule has 68 valence electrons. The van der Waals surface area contributed by atoms with E-state index in [1.54, 1.807) is 13.0 Å². The van der Waals surface area contributed by atoms with Crippen LogP contribution in [-0.2, 0) is 4.79 Å². The lowest BCUT2D eigenvalue weighted by atomic mass is 10.1. The second kappa shape index (κ2) is 2.73. The van der Waals surface area contributed by atoms with Gasteiger partial charge in [-0.05, 0) is 24.6 Å². The molecule has 3 nitrogen and oxygen atoms in total. The average molecular weight is 180 g/mol. The molecule has 1 aromatic carbocycles. The number of carbonyl (C=O) groups is 1. The van der Waals surface area contributed by atoms with Gasteiger partial charge in [0.2, 0.25) is 5.91 Å². The van der Waals surface area contributed by atoms with Crippen molar-refractivity contribution in [2.24, 2.45) is 0 Å². The Hall–Kier alpha value is -1.58. The Bertz CT molecular complexity index is 376. The maximum Gasteiger partial charge on any atom is 0.243 e. The number of halogens is 1. The molecule has 2 rings (SSSR count). The van der Waals surface area contributed by atoms with Crippen molar-refractivity contribution >= 4 is 17.3 Å². The number of anilines is 2. The Balaban J connectivity index is 2.49. The minimum absolute atomic E-state index is 0.143. The number of hydrogen-bond donors (Lipinski definition) is 2. The fourth-order valence-electron chi connectivity index (χ4n) is 1.30. The predicted molar refractivity (Wildman–Crippen MR) is 48.3 cm³/mol. The molecular weight excluding hydrogens is 171 g/mol. The number of benzene rings is 1. The van der Waals surface area contributed by atoms with Crippen molar-refractivity contribution in [2.45, 2.75) is 6.92 Å². The molecule has 1 aliphatic heterocycles. The van der Waals surface area contributed by atoms with Crippen LogP contribution in [-0.4, -0.2) is 12.5 Å². The summed E-state index contributed by atoms with van der Waals surface area (Å²) in [4.78, 5) is 10.9. The zero-order chi connectivity index (χ0) is 9.42. The summed E-state index contributed by atoms with van der Waals surface area (Å²) in [7, 11) is 0. The van der Waals surface area contributed by atoms with Gasteiger partial charge in [0.1, 0.15) is 5.82 Å². The normalized spacial score (nSPS) is 14.5. The zero-order valence-corrected chi connectivity index (χ0v) is 7.15. The number of aryl methyl sites for hydroxylation is 1. The van der Waals surface area contributed by atoms with E-state index in [0.29, 0.717) is 11.3 Å². The van der Waals surface area contributed by atoms with Gasteiger partial charge in [-0.15, -0.1) is 0 Å². The van der Waals surface area contributed by atoms with Crippen LogP contribution in [0.2, 0.25) is 0 Å². The van der Waals surface area contributed by atoms with Gasteiger partial charge in [-0.3, -0.25) is 4.79 Å². The highest BCUT2D eigenvalue weighted by molar-refractivity contribution is 6.00. The van der Waals surface area contributed by atoms with E-state index in [1.807, 2.05) is 0 Å². The monoisotopic (exact) mass is 180 g/mol. The molecule has 0 aromatic heterocycles. The minimum Gasteiger partial charge on any atom is -0.374 e. The molecule has 0 radical (unpaired) electrons. The lowest BCUT2D eigenvalue weighted by Crippen LogP contribution is -2.27. The van der Waals surface area contributed by atoms with E-state index in [9.17, 15) is 9.18 Å². The summed E-state index contributed by atoms with van der Waals surface area (Å²) in [6, 6.07) is 3.01. The number of nitrogens with one attached hydrogen (secondary N) is 2. The van der Waals surface area contributed by atoms with E-state index in [-0.39, 0.29) is 18.3 Å². The van der Waals surface area contributed by atoms with Crippen molar-refractivity contribution in [3.63, 3.8) is 0 Å². The highest BCUT2D eigenvalue weighted by Crippen LogP contribution is 2.27. The molecule has 13 heavy (non-hydrogen) atoms. The first-order valence-corrected chi connectivity index (χ1v) is 4.00. The molecule has 1 aliphatic rings. The van der Waals surface area contributed by atoms with Gasteiger partial charge in [0.15, 0.2) is 0 Å². The number of carbonyl (C=O) groups excluding carboxylic acids is 1. The molecule has 0 unspecified atom stereocenters. The molecule has 0 bridgehead atoms. The molecule has 0 atom stereocenters. The van der Waals surface area contributed by atoms with E-state index in [1.165, 1.54) is 6.07 Å². The predicted octanol–water partition coefficient (Wildman–Crippen LogP) is 1.50. The summed E-state index contributed by atoms with van der Waals surface area (Å²) in [6.45, 7) is 1.94. The van der Waals surface area contributed by atoms with Gasteiger partial charge in [0.05, 0.1) is 17.9 Å². The molecule has 1 heterocycles. The molecule has 4 heteroatoms. The first-order chi connectivity index (χ1) is 6.16. The van der Waals surface area contributed by atoms with Gasteiger partial charge in [-0.1, -0.05) is 0 Å². The number of amides is 1. The second-order valence-corrected chi connectivity index (χ2v) is 3.05. The number of fused-ring (bicyclic) bond motifs is 1. The van der Waals surface area contributed by atoms with Crippen LogP contribution in [0, 0.1) is 12.7 Å².